The first kappa shape index (κ1) is 10.6. The summed E-state index contributed by atoms with van der Waals surface area (Å²) in [6.45, 7) is 2.96. The van der Waals surface area contributed by atoms with Crippen LogP contribution in [0.25, 0.3) is 10.9 Å². The van der Waals surface area contributed by atoms with E-state index in [-0.39, 0.29) is 5.82 Å². The van der Waals surface area contributed by atoms with E-state index < -0.39 is 0 Å². The van der Waals surface area contributed by atoms with Gasteiger partial charge in [-0.1, -0.05) is 6.07 Å². The Labute approximate surface area is 106 Å². The number of halogens is 1. The van der Waals surface area contributed by atoms with E-state index in [0.717, 1.165) is 44.3 Å². The Bertz CT molecular complexity index is 627. The highest BCUT2D eigenvalue weighted by molar-refractivity contribution is 5.89. The third-order valence-corrected chi connectivity index (χ3v) is 4.38. The molecule has 0 unspecified atom stereocenters. The number of nitrogens with one attached hydrogen (secondary N) is 1. The van der Waals surface area contributed by atoms with Gasteiger partial charge in [0.1, 0.15) is 5.82 Å². The molecule has 94 valence electrons. The number of rotatable bonds is 0. The van der Waals surface area contributed by atoms with Crippen LogP contribution in [0.2, 0.25) is 0 Å². The highest BCUT2D eigenvalue weighted by Crippen LogP contribution is 2.36. The van der Waals surface area contributed by atoms with Crippen LogP contribution in [0, 0.1) is 5.82 Å². The summed E-state index contributed by atoms with van der Waals surface area (Å²) in [5, 5.41) is 4.37. The number of aryl methyl sites for hydroxylation is 1. The van der Waals surface area contributed by atoms with Gasteiger partial charge >= 0.3 is 0 Å². The Morgan fingerprint density at radius 1 is 1.11 bits per heavy atom. The average Bonchev–Trinajstić information content (AvgIpc) is 2.89. The Hall–Kier alpha value is -1.35. The second-order valence-electron chi connectivity index (χ2n) is 5.36. The van der Waals surface area contributed by atoms with Gasteiger partial charge in [-0.2, -0.15) is 0 Å². The Morgan fingerprint density at radius 2 is 2.06 bits per heavy atom. The zero-order valence-electron chi connectivity index (χ0n) is 10.4. The molecule has 1 aromatic carbocycles. The van der Waals surface area contributed by atoms with Gasteiger partial charge < -0.3 is 9.88 Å². The van der Waals surface area contributed by atoms with E-state index >= 15 is 0 Å². The predicted octanol–water partition coefficient (Wildman–Crippen LogP) is 2.41. The molecule has 3 heteroatoms. The van der Waals surface area contributed by atoms with E-state index in [2.05, 4.69) is 9.88 Å². The lowest BCUT2D eigenvalue weighted by atomic mass is 10.0. The molecule has 2 heterocycles. The standard InChI is InChI=1S/C15H17FN2/c16-12-5-4-10-6-7-17-8-9-18-13-3-1-2-11(13)14(12)15(10)18/h4-5,17H,1-3,6-9H2. The van der Waals surface area contributed by atoms with Gasteiger partial charge in [0.25, 0.3) is 0 Å². The number of hydrogen-bond acceptors (Lipinski definition) is 1. The molecule has 0 spiro atoms. The molecule has 2 aromatic rings. The van der Waals surface area contributed by atoms with Crippen LogP contribution in [0.4, 0.5) is 4.39 Å². The van der Waals surface area contributed by atoms with Crippen molar-refractivity contribution in [1.29, 1.82) is 0 Å². The lowest BCUT2D eigenvalue weighted by Gasteiger charge is -2.17. The second-order valence-corrected chi connectivity index (χ2v) is 5.36. The number of nitrogens with zero attached hydrogens (tertiary/aromatic N) is 1. The van der Waals surface area contributed by atoms with Gasteiger partial charge in [-0.05, 0) is 49.4 Å². The van der Waals surface area contributed by atoms with Gasteiger partial charge in [-0.3, -0.25) is 0 Å². The molecule has 4 rings (SSSR count). The van der Waals surface area contributed by atoms with E-state index in [1.54, 1.807) is 6.07 Å². The lowest BCUT2D eigenvalue weighted by molar-refractivity contribution is 0.582. The summed E-state index contributed by atoms with van der Waals surface area (Å²) in [4.78, 5) is 0. The summed E-state index contributed by atoms with van der Waals surface area (Å²) >= 11 is 0. The van der Waals surface area contributed by atoms with Gasteiger partial charge in [-0.25, -0.2) is 4.39 Å². The maximum Gasteiger partial charge on any atom is 0.132 e. The molecular weight excluding hydrogens is 227 g/mol. The van der Waals surface area contributed by atoms with Crippen LogP contribution in [0.3, 0.4) is 0 Å². The molecule has 1 aliphatic heterocycles. The molecule has 0 saturated heterocycles. The molecule has 0 amide bonds. The number of fused-ring (bicyclic) bond motifs is 3. The fourth-order valence-corrected chi connectivity index (χ4v) is 3.62. The first-order chi connectivity index (χ1) is 8.86. The normalized spacial score (nSPS) is 18.7. The average molecular weight is 244 g/mol. The van der Waals surface area contributed by atoms with Crippen molar-refractivity contribution in [2.24, 2.45) is 0 Å². The van der Waals surface area contributed by atoms with Crippen molar-refractivity contribution in [3.05, 3.63) is 34.8 Å². The van der Waals surface area contributed by atoms with Crippen LogP contribution < -0.4 is 5.32 Å². The van der Waals surface area contributed by atoms with Crippen molar-refractivity contribution in [3.8, 4) is 0 Å². The summed E-state index contributed by atoms with van der Waals surface area (Å²) < 4.78 is 16.6. The Kier molecular flexibility index (Phi) is 2.24. The van der Waals surface area contributed by atoms with E-state index in [1.807, 2.05) is 6.07 Å². The molecule has 18 heavy (non-hydrogen) atoms. The first-order valence-corrected chi connectivity index (χ1v) is 6.88. The summed E-state index contributed by atoms with van der Waals surface area (Å²) in [6.07, 6.45) is 4.34. The van der Waals surface area contributed by atoms with Crippen molar-refractivity contribution < 1.29 is 4.39 Å². The highest BCUT2D eigenvalue weighted by Gasteiger charge is 2.25. The second kappa shape index (κ2) is 3.82. The van der Waals surface area contributed by atoms with Crippen molar-refractivity contribution >= 4 is 10.9 Å². The van der Waals surface area contributed by atoms with E-state index in [0.29, 0.717) is 0 Å². The zero-order valence-corrected chi connectivity index (χ0v) is 10.4. The van der Waals surface area contributed by atoms with Crippen LogP contribution in [0.15, 0.2) is 12.1 Å². The monoisotopic (exact) mass is 244 g/mol. The lowest BCUT2D eigenvalue weighted by Crippen LogP contribution is -2.25. The number of aromatic nitrogens is 1. The molecule has 0 bridgehead atoms. The van der Waals surface area contributed by atoms with Crippen LogP contribution in [0.5, 0.6) is 0 Å². The number of benzene rings is 1. The van der Waals surface area contributed by atoms with Crippen LogP contribution >= 0.6 is 0 Å². The predicted molar refractivity (Wildman–Crippen MR) is 70.5 cm³/mol. The van der Waals surface area contributed by atoms with Crippen molar-refractivity contribution in [2.75, 3.05) is 13.1 Å². The van der Waals surface area contributed by atoms with Crippen molar-refractivity contribution in [2.45, 2.75) is 32.2 Å². The molecule has 1 N–H and O–H groups in total. The third-order valence-electron chi connectivity index (χ3n) is 4.38. The zero-order chi connectivity index (χ0) is 12.1. The molecular formula is C15H17FN2. The fraction of sp³-hybridized carbons (Fsp3) is 0.467. The van der Waals surface area contributed by atoms with Crippen molar-refractivity contribution in [1.82, 2.24) is 9.88 Å². The minimum Gasteiger partial charge on any atom is -0.343 e. The highest BCUT2D eigenvalue weighted by atomic mass is 19.1. The van der Waals surface area contributed by atoms with E-state index in [1.165, 1.54) is 28.8 Å². The van der Waals surface area contributed by atoms with Gasteiger partial charge in [0.05, 0.1) is 5.52 Å². The van der Waals surface area contributed by atoms with Gasteiger partial charge in [0.15, 0.2) is 0 Å². The quantitative estimate of drug-likeness (QED) is 0.753. The smallest absolute Gasteiger partial charge is 0.132 e. The summed E-state index contributed by atoms with van der Waals surface area (Å²) in [5.74, 6) is -0.0285. The molecule has 0 atom stereocenters. The minimum atomic E-state index is -0.0285. The summed E-state index contributed by atoms with van der Waals surface area (Å²) in [5.41, 5.74) is 5.15. The van der Waals surface area contributed by atoms with Crippen molar-refractivity contribution in [3.63, 3.8) is 0 Å². The van der Waals surface area contributed by atoms with Gasteiger partial charge in [0.2, 0.25) is 0 Å². The van der Waals surface area contributed by atoms with Crippen LogP contribution in [0.1, 0.15) is 23.2 Å². The molecule has 1 aliphatic carbocycles. The molecule has 2 nitrogen and oxygen atoms in total. The fourth-order valence-electron chi connectivity index (χ4n) is 3.62. The molecule has 2 aliphatic rings. The van der Waals surface area contributed by atoms with E-state index in [4.69, 9.17) is 0 Å². The molecule has 0 fully saturated rings. The molecule has 1 aromatic heterocycles. The topological polar surface area (TPSA) is 17.0 Å². The summed E-state index contributed by atoms with van der Waals surface area (Å²) in [6, 6.07) is 3.62. The maximum atomic E-state index is 14.2. The third kappa shape index (κ3) is 1.31. The SMILES string of the molecule is Fc1ccc2c3c1c1c(n3CCNCC2)CCC1. The van der Waals surface area contributed by atoms with Crippen LogP contribution in [-0.2, 0) is 25.8 Å². The minimum absolute atomic E-state index is 0.0285. The molecule has 0 saturated carbocycles. The van der Waals surface area contributed by atoms with E-state index in [9.17, 15) is 4.39 Å². The molecule has 0 radical (unpaired) electrons. The first-order valence-electron chi connectivity index (χ1n) is 6.88. The largest absolute Gasteiger partial charge is 0.343 e. The Balaban J connectivity index is 2.12. The van der Waals surface area contributed by atoms with Gasteiger partial charge in [0, 0.05) is 24.2 Å². The Morgan fingerprint density at radius 3 is 3.00 bits per heavy atom. The number of hydrogen-bond donors (Lipinski definition) is 1. The summed E-state index contributed by atoms with van der Waals surface area (Å²) in [7, 11) is 0. The van der Waals surface area contributed by atoms with Crippen LogP contribution in [-0.4, -0.2) is 17.7 Å². The van der Waals surface area contributed by atoms with Gasteiger partial charge in [-0.15, -0.1) is 0 Å². The maximum absolute atomic E-state index is 14.2.